The second-order valence-electron chi connectivity index (χ2n) is 6.14. The highest BCUT2D eigenvalue weighted by Gasteiger charge is 2.14. The molecule has 6 nitrogen and oxygen atoms in total. The number of aryl methyl sites for hydroxylation is 2. The largest absolute Gasteiger partial charge is 0.493 e. The Kier molecular flexibility index (Phi) is 7.75. The zero-order valence-electron chi connectivity index (χ0n) is 17.0. The van der Waals surface area contributed by atoms with Crippen LogP contribution in [0, 0.1) is 13.8 Å². The van der Waals surface area contributed by atoms with Crippen molar-refractivity contribution in [1.29, 1.82) is 0 Å². The molecule has 1 amide bonds. The van der Waals surface area contributed by atoms with Gasteiger partial charge in [-0.3, -0.25) is 4.79 Å². The van der Waals surface area contributed by atoms with Gasteiger partial charge >= 0.3 is 0 Å². The van der Waals surface area contributed by atoms with Gasteiger partial charge in [0.2, 0.25) is 11.7 Å². The molecular formula is C22H27NO5. The van der Waals surface area contributed by atoms with Crippen molar-refractivity contribution in [1.82, 2.24) is 5.32 Å². The molecule has 0 atom stereocenters. The Balaban J connectivity index is 1.90. The Morgan fingerprint density at radius 3 is 2.36 bits per heavy atom. The number of rotatable bonds is 9. The van der Waals surface area contributed by atoms with Gasteiger partial charge in [0.25, 0.3) is 0 Å². The van der Waals surface area contributed by atoms with Crippen LogP contribution in [0.2, 0.25) is 0 Å². The summed E-state index contributed by atoms with van der Waals surface area (Å²) in [6, 6.07) is 9.49. The number of ether oxygens (including phenoxy) is 4. The first-order valence-electron chi connectivity index (χ1n) is 8.95. The number of nitrogens with one attached hydrogen (secondary N) is 1. The highest BCUT2D eigenvalue weighted by molar-refractivity contribution is 5.92. The van der Waals surface area contributed by atoms with Gasteiger partial charge in [0.05, 0.1) is 27.9 Å². The fourth-order valence-electron chi connectivity index (χ4n) is 2.63. The molecule has 0 bridgehead atoms. The van der Waals surface area contributed by atoms with Gasteiger partial charge < -0.3 is 24.3 Å². The number of benzene rings is 2. The van der Waals surface area contributed by atoms with Crippen LogP contribution in [0.1, 0.15) is 16.7 Å². The van der Waals surface area contributed by atoms with Crippen LogP contribution in [0.15, 0.2) is 36.4 Å². The van der Waals surface area contributed by atoms with E-state index in [-0.39, 0.29) is 5.91 Å². The minimum atomic E-state index is -0.222. The van der Waals surface area contributed by atoms with E-state index in [1.165, 1.54) is 24.3 Å². The third-order valence-corrected chi connectivity index (χ3v) is 4.30. The van der Waals surface area contributed by atoms with Gasteiger partial charge in [-0.15, -0.1) is 0 Å². The van der Waals surface area contributed by atoms with E-state index in [0.717, 1.165) is 5.75 Å². The second kappa shape index (κ2) is 10.3. The fraction of sp³-hybridized carbons (Fsp3) is 0.318. The van der Waals surface area contributed by atoms with Crippen molar-refractivity contribution in [2.24, 2.45) is 0 Å². The minimum absolute atomic E-state index is 0.222. The molecule has 0 saturated heterocycles. The van der Waals surface area contributed by atoms with Crippen molar-refractivity contribution in [3.63, 3.8) is 0 Å². The lowest BCUT2D eigenvalue weighted by Crippen LogP contribution is -2.26. The van der Waals surface area contributed by atoms with Crippen molar-refractivity contribution in [2.45, 2.75) is 13.8 Å². The van der Waals surface area contributed by atoms with Crippen molar-refractivity contribution in [3.8, 4) is 23.0 Å². The smallest absolute Gasteiger partial charge is 0.244 e. The maximum atomic E-state index is 12.1. The SMILES string of the molecule is COc1ccc(/C=C/C(=O)NCCOc2ccc(C)c(C)c2)c(OC)c1OC. The molecule has 0 radical (unpaired) electrons. The van der Waals surface area contributed by atoms with Crippen LogP contribution in [0.5, 0.6) is 23.0 Å². The van der Waals surface area contributed by atoms with E-state index in [4.69, 9.17) is 18.9 Å². The third-order valence-electron chi connectivity index (χ3n) is 4.30. The van der Waals surface area contributed by atoms with E-state index in [0.29, 0.717) is 36.0 Å². The fourth-order valence-corrected chi connectivity index (χ4v) is 2.63. The molecule has 0 aliphatic carbocycles. The van der Waals surface area contributed by atoms with Crippen molar-refractivity contribution in [3.05, 3.63) is 53.1 Å². The highest BCUT2D eigenvalue weighted by Crippen LogP contribution is 2.40. The molecule has 0 heterocycles. The van der Waals surface area contributed by atoms with Crippen LogP contribution in [-0.2, 0) is 4.79 Å². The average molecular weight is 385 g/mol. The Labute approximate surface area is 166 Å². The number of carbonyl (C=O) groups is 1. The highest BCUT2D eigenvalue weighted by atomic mass is 16.5. The second-order valence-corrected chi connectivity index (χ2v) is 6.14. The predicted octanol–water partition coefficient (Wildman–Crippen LogP) is 3.54. The summed E-state index contributed by atoms with van der Waals surface area (Å²) in [4.78, 5) is 12.1. The topological polar surface area (TPSA) is 66.0 Å². The van der Waals surface area contributed by atoms with Crippen molar-refractivity contribution in [2.75, 3.05) is 34.5 Å². The summed E-state index contributed by atoms with van der Waals surface area (Å²) in [6.45, 7) is 4.89. The first-order valence-corrected chi connectivity index (χ1v) is 8.95. The third kappa shape index (κ3) is 5.42. The number of methoxy groups -OCH3 is 3. The molecule has 150 valence electrons. The molecule has 2 rings (SSSR count). The molecular weight excluding hydrogens is 358 g/mol. The number of carbonyl (C=O) groups excluding carboxylic acids is 1. The summed E-state index contributed by atoms with van der Waals surface area (Å²) >= 11 is 0. The Hall–Kier alpha value is -3.15. The lowest BCUT2D eigenvalue weighted by Gasteiger charge is -2.14. The lowest BCUT2D eigenvalue weighted by atomic mass is 10.1. The first-order chi connectivity index (χ1) is 13.5. The summed E-state index contributed by atoms with van der Waals surface area (Å²) in [7, 11) is 4.63. The molecule has 0 unspecified atom stereocenters. The summed E-state index contributed by atoms with van der Waals surface area (Å²) in [6.07, 6.45) is 3.11. The van der Waals surface area contributed by atoms with E-state index >= 15 is 0 Å². The molecule has 0 spiro atoms. The number of amides is 1. The van der Waals surface area contributed by atoms with Crippen LogP contribution in [-0.4, -0.2) is 40.4 Å². The predicted molar refractivity (Wildman–Crippen MR) is 110 cm³/mol. The number of hydrogen-bond donors (Lipinski definition) is 1. The molecule has 1 N–H and O–H groups in total. The molecule has 2 aromatic carbocycles. The maximum absolute atomic E-state index is 12.1. The van der Waals surface area contributed by atoms with Gasteiger partial charge in [-0.05, 0) is 55.3 Å². The standard InChI is InChI=1S/C22H27NO5/c1-15-6-9-18(14-16(15)2)28-13-12-23-20(24)11-8-17-7-10-19(25-3)22(27-5)21(17)26-4/h6-11,14H,12-13H2,1-5H3,(H,23,24)/b11-8+. The van der Waals surface area contributed by atoms with Crippen LogP contribution in [0.25, 0.3) is 6.08 Å². The van der Waals surface area contributed by atoms with Crippen molar-refractivity contribution >= 4 is 12.0 Å². The molecule has 0 fully saturated rings. The minimum Gasteiger partial charge on any atom is -0.493 e. The Morgan fingerprint density at radius 2 is 1.71 bits per heavy atom. The first kappa shape index (κ1) is 21.2. The van der Waals surface area contributed by atoms with Gasteiger partial charge in [-0.25, -0.2) is 0 Å². The Bertz CT molecular complexity index is 845. The molecule has 0 aliphatic heterocycles. The maximum Gasteiger partial charge on any atom is 0.244 e. The van der Waals surface area contributed by atoms with E-state index in [1.807, 2.05) is 25.1 Å². The van der Waals surface area contributed by atoms with Gasteiger partial charge in [-0.2, -0.15) is 0 Å². The van der Waals surface area contributed by atoms with E-state index < -0.39 is 0 Å². The quantitative estimate of drug-likeness (QED) is 0.528. The van der Waals surface area contributed by atoms with Crippen LogP contribution < -0.4 is 24.3 Å². The molecule has 6 heteroatoms. The zero-order chi connectivity index (χ0) is 20.5. The zero-order valence-corrected chi connectivity index (χ0v) is 17.0. The lowest BCUT2D eigenvalue weighted by molar-refractivity contribution is -0.116. The van der Waals surface area contributed by atoms with E-state index in [9.17, 15) is 4.79 Å². The van der Waals surface area contributed by atoms with Gasteiger partial charge in [-0.1, -0.05) is 6.07 Å². The molecule has 0 aromatic heterocycles. The van der Waals surface area contributed by atoms with Crippen molar-refractivity contribution < 1.29 is 23.7 Å². The van der Waals surface area contributed by atoms with Crippen LogP contribution in [0.4, 0.5) is 0 Å². The Morgan fingerprint density at radius 1 is 0.964 bits per heavy atom. The average Bonchev–Trinajstić information content (AvgIpc) is 2.71. The van der Waals surface area contributed by atoms with E-state index in [2.05, 4.69) is 12.2 Å². The monoisotopic (exact) mass is 385 g/mol. The van der Waals surface area contributed by atoms with Gasteiger partial charge in [0.15, 0.2) is 11.5 Å². The summed E-state index contributed by atoms with van der Waals surface area (Å²) < 4.78 is 21.7. The molecule has 2 aromatic rings. The van der Waals surface area contributed by atoms with Gasteiger partial charge in [0, 0.05) is 11.6 Å². The summed E-state index contributed by atoms with van der Waals surface area (Å²) in [5.74, 6) is 2.12. The molecule has 28 heavy (non-hydrogen) atoms. The van der Waals surface area contributed by atoms with Crippen LogP contribution >= 0.6 is 0 Å². The van der Waals surface area contributed by atoms with Crippen LogP contribution in [0.3, 0.4) is 0 Å². The molecule has 0 saturated carbocycles. The van der Waals surface area contributed by atoms with Gasteiger partial charge in [0.1, 0.15) is 12.4 Å². The normalized spacial score (nSPS) is 10.6. The summed E-state index contributed by atoms with van der Waals surface area (Å²) in [5.41, 5.74) is 3.10. The summed E-state index contributed by atoms with van der Waals surface area (Å²) in [5, 5.41) is 2.79. The van der Waals surface area contributed by atoms with E-state index in [1.54, 1.807) is 32.4 Å². The molecule has 0 aliphatic rings. The number of hydrogen-bond acceptors (Lipinski definition) is 5.